The summed E-state index contributed by atoms with van der Waals surface area (Å²) in [6, 6.07) is 18.3. The Morgan fingerprint density at radius 2 is 0.696 bits per heavy atom. The summed E-state index contributed by atoms with van der Waals surface area (Å²) >= 11 is 0. The van der Waals surface area contributed by atoms with Gasteiger partial charge in [-0.05, 0) is 53.1 Å². The summed E-state index contributed by atoms with van der Waals surface area (Å²) in [6.07, 6.45) is 0. The van der Waals surface area contributed by atoms with Gasteiger partial charge in [-0.3, -0.25) is 0 Å². The third-order valence-electron chi connectivity index (χ3n) is 3.90. The largest absolute Gasteiger partial charge is 0.207 e. The van der Waals surface area contributed by atoms with Crippen molar-refractivity contribution < 1.29 is 13.2 Å². The quantitative estimate of drug-likeness (QED) is 0.453. The fraction of sp³-hybridized carbons (Fsp3) is 0.0526. The molecular weight excluding hydrogens is 316 g/mol. The molecule has 1 atom stereocenters. The molecule has 3 rings (SSSR count). The minimum atomic E-state index is -0.727. The zero-order valence-corrected chi connectivity index (χ0v) is 13.3. The van der Waals surface area contributed by atoms with E-state index in [0.29, 0.717) is 0 Å². The fourth-order valence-electron chi connectivity index (χ4n) is 2.64. The van der Waals surface area contributed by atoms with Crippen molar-refractivity contribution in [2.45, 2.75) is 5.16 Å². The Bertz CT molecular complexity index is 683. The van der Waals surface area contributed by atoms with Gasteiger partial charge >= 0.3 is 0 Å². The monoisotopic (exact) mass is 330 g/mol. The zero-order chi connectivity index (χ0) is 16.4. The molecule has 1 unspecified atom stereocenters. The van der Waals surface area contributed by atoms with Crippen LogP contribution in [-0.2, 0) is 5.16 Å². The van der Waals surface area contributed by atoms with Crippen LogP contribution in [0.2, 0.25) is 0 Å². The normalized spacial score (nSPS) is 11.5. The average Bonchev–Trinajstić information content (AvgIpc) is 2.56. The van der Waals surface area contributed by atoms with E-state index in [4.69, 9.17) is 0 Å². The molecule has 0 amide bonds. The van der Waals surface area contributed by atoms with Crippen molar-refractivity contribution >= 4 is 9.24 Å². The average molecular weight is 330 g/mol. The predicted molar refractivity (Wildman–Crippen MR) is 88.8 cm³/mol. The molecule has 0 nitrogen and oxygen atoms in total. The summed E-state index contributed by atoms with van der Waals surface area (Å²) in [6.45, 7) is 0. The topological polar surface area (TPSA) is 0 Å². The molecule has 116 valence electrons. The Hall–Kier alpha value is -2.12. The second-order valence-electron chi connectivity index (χ2n) is 5.33. The van der Waals surface area contributed by atoms with E-state index in [9.17, 15) is 13.2 Å². The standard InChI is InChI=1S/C19H14F3P/c20-16-7-1-13(2-8-16)19(23,14-3-9-17(21)10-4-14)15-5-11-18(22)12-6-15/h1-12H,23H2. The molecule has 0 spiro atoms. The first-order chi connectivity index (χ1) is 11.0. The number of hydrogen-bond acceptors (Lipinski definition) is 0. The Morgan fingerprint density at radius 3 is 0.913 bits per heavy atom. The van der Waals surface area contributed by atoms with Gasteiger partial charge in [0.1, 0.15) is 17.5 Å². The lowest BCUT2D eigenvalue weighted by Crippen LogP contribution is -2.21. The lowest BCUT2D eigenvalue weighted by Gasteiger charge is -2.31. The molecule has 3 aromatic carbocycles. The molecule has 0 fully saturated rings. The first-order valence-corrected chi connectivity index (χ1v) is 7.65. The molecule has 0 radical (unpaired) electrons. The van der Waals surface area contributed by atoms with Gasteiger partial charge in [-0.15, -0.1) is 9.24 Å². The predicted octanol–water partition coefficient (Wildman–Crippen LogP) is 5.27. The smallest absolute Gasteiger partial charge is 0.123 e. The third-order valence-corrected chi connectivity index (χ3v) is 4.90. The maximum Gasteiger partial charge on any atom is 0.123 e. The summed E-state index contributed by atoms with van der Waals surface area (Å²) in [5.74, 6) is -1.00. The van der Waals surface area contributed by atoms with Crippen molar-refractivity contribution in [1.29, 1.82) is 0 Å². The van der Waals surface area contributed by atoms with Gasteiger partial charge in [-0.25, -0.2) is 13.2 Å². The SMILES string of the molecule is Fc1ccc(C(P)(c2ccc(F)cc2)c2ccc(F)cc2)cc1. The highest BCUT2D eigenvalue weighted by Crippen LogP contribution is 2.45. The maximum absolute atomic E-state index is 13.3. The summed E-state index contributed by atoms with van der Waals surface area (Å²) in [4.78, 5) is 0. The van der Waals surface area contributed by atoms with Crippen molar-refractivity contribution in [2.24, 2.45) is 0 Å². The molecule has 3 aromatic rings. The van der Waals surface area contributed by atoms with Crippen LogP contribution in [0, 0.1) is 17.5 Å². The molecule has 0 aromatic heterocycles. The molecule has 4 heteroatoms. The molecule has 0 bridgehead atoms. The fourth-order valence-corrected chi connectivity index (χ4v) is 3.22. The number of halogens is 3. The molecule has 0 N–H and O–H groups in total. The Labute approximate surface area is 135 Å². The van der Waals surface area contributed by atoms with Crippen LogP contribution < -0.4 is 0 Å². The second-order valence-corrected chi connectivity index (χ2v) is 6.19. The third kappa shape index (κ3) is 3.02. The molecule has 0 saturated carbocycles. The van der Waals surface area contributed by atoms with Gasteiger partial charge in [-0.2, -0.15) is 0 Å². The molecule has 0 aliphatic rings. The van der Waals surface area contributed by atoms with Crippen LogP contribution in [0.25, 0.3) is 0 Å². The molecule has 0 aliphatic carbocycles. The van der Waals surface area contributed by atoms with E-state index >= 15 is 0 Å². The van der Waals surface area contributed by atoms with E-state index < -0.39 is 5.16 Å². The highest BCUT2D eigenvalue weighted by atomic mass is 31.0. The molecule has 0 aliphatic heterocycles. The molecular formula is C19H14F3P. The van der Waals surface area contributed by atoms with Crippen molar-refractivity contribution in [3.8, 4) is 0 Å². The summed E-state index contributed by atoms with van der Waals surface area (Å²) < 4.78 is 39.8. The van der Waals surface area contributed by atoms with Crippen molar-refractivity contribution in [3.05, 3.63) is 107 Å². The van der Waals surface area contributed by atoms with Crippen LogP contribution in [0.1, 0.15) is 16.7 Å². The summed E-state index contributed by atoms with van der Waals surface area (Å²) in [7, 11) is 2.74. The Morgan fingerprint density at radius 1 is 0.478 bits per heavy atom. The van der Waals surface area contributed by atoms with Crippen LogP contribution in [-0.4, -0.2) is 0 Å². The maximum atomic E-state index is 13.3. The van der Waals surface area contributed by atoms with Gasteiger partial charge in [0, 0.05) is 0 Å². The minimum Gasteiger partial charge on any atom is -0.207 e. The highest BCUT2D eigenvalue weighted by molar-refractivity contribution is 7.19. The van der Waals surface area contributed by atoms with E-state index in [1.807, 2.05) is 0 Å². The van der Waals surface area contributed by atoms with Crippen LogP contribution in [0.4, 0.5) is 13.2 Å². The summed E-state index contributed by atoms with van der Waals surface area (Å²) in [5.41, 5.74) is 2.42. The Kier molecular flexibility index (Phi) is 4.23. The number of hydrogen-bond donors (Lipinski definition) is 0. The van der Waals surface area contributed by atoms with E-state index in [1.54, 1.807) is 36.4 Å². The van der Waals surface area contributed by atoms with Crippen molar-refractivity contribution in [2.75, 3.05) is 0 Å². The number of benzene rings is 3. The lowest BCUT2D eigenvalue weighted by atomic mass is 9.84. The minimum absolute atomic E-state index is 0.334. The second kappa shape index (κ2) is 6.17. The van der Waals surface area contributed by atoms with E-state index in [-0.39, 0.29) is 17.5 Å². The van der Waals surface area contributed by atoms with Gasteiger partial charge in [0.2, 0.25) is 0 Å². The van der Waals surface area contributed by atoms with E-state index in [0.717, 1.165) is 16.7 Å². The van der Waals surface area contributed by atoms with Gasteiger partial charge in [-0.1, -0.05) is 36.4 Å². The van der Waals surface area contributed by atoms with E-state index in [2.05, 4.69) is 9.24 Å². The van der Waals surface area contributed by atoms with Gasteiger partial charge in [0.25, 0.3) is 0 Å². The van der Waals surface area contributed by atoms with Crippen molar-refractivity contribution in [1.82, 2.24) is 0 Å². The lowest BCUT2D eigenvalue weighted by molar-refractivity contribution is 0.624. The van der Waals surface area contributed by atoms with Crippen LogP contribution in [0.5, 0.6) is 0 Å². The first-order valence-electron chi connectivity index (χ1n) is 7.07. The number of rotatable bonds is 3. The Balaban J connectivity index is 2.21. The van der Waals surface area contributed by atoms with Gasteiger partial charge in [0.15, 0.2) is 0 Å². The van der Waals surface area contributed by atoms with Gasteiger partial charge in [0.05, 0.1) is 5.16 Å². The molecule has 23 heavy (non-hydrogen) atoms. The molecule has 0 saturated heterocycles. The van der Waals surface area contributed by atoms with Crippen LogP contribution >= 0.6 is 9.24 Å². The van der Waals surface area contributed by atoms with Crippen molar-refractivity contribution in [3.63, 3.8) is 0 Å². The summed E-state index contributed by atoms with van der Waals surface area (Å²) in [5, 5.41) is -0.727. The van der Waals surface area contributed by atoms with Crippen LogP contribution in [0.15, 0.2) is 72.8 Å². The van der Waals surface area contributed by atoms with Crippen LogP contribution in [0.3, 0.4) is 0 Å². The zero-order valence-electron chi connectivity index (χ0n) is 12.1. The van der Waals surface area contributed by atoms with E-state index in [1.165, 1.54) is 36.4 Å². The molecule has 0 heterocycles. The first kappa shape index (κ1) is 15.8. The highest BCUT2D eigenvalue weighted by Gasteiger charge is 2.31. The van der Waals surface area contributed by atoms with Gasteiger partial charge < -0.3 is 0 Å².